The molecule has 4 nitrogen and oxygen atoms in total. The van der Waals surface area contributed by atoms with E-state index in [1.54, 1.807) is 48.5 Å². The summed E-state index contributed by atoms with van der Waals surface area (Å²) in [5.74, 6) is -0.774. The highest BCUT2D eigenvalue weighted by Crippen LogP contribution is 2.44. The second-order valence-electron chi connectivity index (χ2n) is 6.60. The van der Waals surface area contributed by atoms with Gasteiger partial charge in [-0.05, 0) is 51.8 Å². The summed E-state index contributed by atoms with van der Waals surface area (Å²) in [6, 6.07) is 17.7. The Morgan fingerprint density at radius 1 is 1.14 bits per heavy atom. The summed E-state index contributed by atoms with van der Waals surface area (Å²) in [5.41, 5.74) is 0.0115. The third-order valence-electron chi connectivity index (χ3n) is 4.73. The van der Waals surface area contributed by atoms with E-state index >= 15 is 0 Å². The van der Waals surface area contributed by atoms with Crippen LogP contribution >= 0.6 is 38.9 Å². The van der Waals surface area contributed by atoms with Crippen LogP contribution in [-0.2, 0) is 16.9 Å². The number of amides is 1. The number of rotatable bonds is 5. The second kappa shape index (κ2) is 7.44. The number of ketones is 1. The smallest absolute Gasteiger partial charge is 0.264 e. The standard InChI is InChI=1S/C21H15BrClNO3S/c22-19-9-8-18(28-19)17(25)11-21(27)15-6-1-2-7-16(15)24(20(21)26)12-13-4-3-5-14(23)10-13/h1-10,27H,11-12H2/t21-/m1/s1. The highest BCUT2D eigenvalue weighted by atomic mass is 79.9. The van der Waals surface area contributed by atoms with Gasteiger partial charge >= 0.3 is 0 Å². The van der Waals surface area contributed by atoms with E-state index in [2.05, 4.69) is 15.9 Å². The molecule has 2 heterocycles. The summed E-state index contributed by atoms with van der Waals surface area (Å²) in [6.07, 6.45) is -0.304. The molecule has 0 spiro atoms. The molecule has 0 fully saturated rings. The van der Waals surface area contributed by atoms with Crippen LogP contribution in [-0.4, -0.2) is 16.8 Å². The fourth-order valence-electron chi connectivity index (χ4n) is 3.44. The van der Waals surface area contributed by atoms with Gasteiger partial charge in [0.25, 0.3) is 5.91 Å². The van der Waals surface area contributed by atoms with Crippen molar-refractivity contribution in [2.45, 2.75) is 18.6 Å². The van der Waals surface area contributed by atoms with Gasteiger partial charge in [-0.3, -0.25) is 9.59 Å². The molecule has 0 radical (unpaired) electrons. The topological polar surface area (TPSA) is 57.6 Å². The number of halogens is 2. The zero-order valence-corrected chi connectivity index (χ0v) is 17.7. The lowest BCUT2D eigenvalue weighted by molar-refractivity contribution is -0.136. The Bertz CT molecular complexity index is 1080. The number of Topliss-reactive ketones (excluding diaryl/α,β-unsaturated/α-hetero) is 1. The SMILES string of the molecule is O=C(C[C@]1(O)C(=O)N(Cc2cccc(Cl)c2)c2ccccc21)c1ccc(Br)s1. The lowest BCUT2D eigenvalue weighted by Crippen LogP contribution is -2.41. The predicted molar refractivity (Wildman–Crippen MR) is 114 cm³/mol. The van der Waals surface area contributed by atoms with Gasteiger partial charge in [0.2, 0.25) is 0 Å². The lowest BCUT2D eigenvalue weighted by Gasteiger charge is -2.22. The van der Waals surface area contributed by atoms with Crippen LogP contribution in [0.4, 0.5) is 5.69 Å². The first-order valence-electron chi connectivity index (χ1n) is 8.55. The third kappa shape index (κ3) is 3.42. The van der Waals surface area contributed by atoms with Gasteiger partial charge in [0.05, 0.1) is 27.3 Å². The fraction of sp³-hybridized carbons (Fsp3) is 0.143. The van der Waals surface area contributed by atoms with Gasteiger partial charge < -0.3 is 10.0 Å². The maximum atomic E-state index is 13.2. The highest BCUT2D eigenvalue weighted by Gasteiger charge is 2.50. The maximum Gasteiger partial charge on any atom is 0.264 e. The second-order valence-corrected chi connectivity index (χ2v) is 9.50. The number of benzene rings is 2. The molecule has 1 aliphatic heterocycles. The number of carbonyl (C=O) groups excluding carboxylic acids is 2. The average Bonchev–Trinajstić information content (AvgIpc) is 3.19. The normalized spacial score (nSPS) is 18.4. The molecule has 0 bridgehead atoms. The molecule has 1 N–H and O–H groups in total. The van der Waals surface area contributed by atoms with Gasteiger partial charge in [-0.1, -0.05) is 41.9 Å². The largest absolute Gasteiger partial charge is 0.375 e. The minimum absolute atomic E-state index is 0.261. The van der Waals surface area contributed by atoms with E-state index in [9.17, 15) is 14.7 Å². The number of nitrogens with zero attached hydrogens (tertiary/aromatic N) is 1. The Kier molecular flexibility index (Phi) is 5.14. The molecular weight excluding hydrogens is 462 g/mol. The Morgan fingerprint density at radius 3 is 2.64 bits per heavy atom. The van der Waals surface area contributed by atoms with Crippen molar-refractivity contribution in [1.82, 2.24) is 0 Å². The predicted octanol–water partition coefficient (Wildman–Crippen LogP) is 5.17. The first kappa shape index (κ1) is 19.3. The van der Waals surface area contributed by atoms with Crippen LogP contribution in [0.5, 0.6) is 0 Å². The third-order valence-corrected chi connectivity index (χ3v) is 6.63. The van der Waals surface area contributed by atoms with Crippen LogP contribution in [0.3, 0.4) is 0 Å². The average molecular weight is 477 g/mol. The number of hydrogen-bond acceptors (Lipinski definition) is 4. The summed E-state index contributed by atoms with van der Waals surface area (Å²) < 4.78 is 0.823. The van der Waals surface area contributed by atoms with Gasteiger partial charge in [0.15, 0.2) is 11.4 Å². The molecular formula is C21H15BrClNO3S. The molecule has 0 unspecified atom stereocenters. The fourth-order valence-corrected chi connectivity index (χ4v) is 4.97. The van der Waals surface area contributed by atoms with Crippen molar-refractivity contribution in [3.05, 3.63) is 85.5 Å². The van der Waals surface area contributed by atoms with Crippen molar-refractivity contribution in [1.29, 1.82) is 0 Å². The maximum absolute atomic E-state index is 13.2. The molecule has 0 saturated heterocycles. The number of para-hydroxylation sites is 1. The number of hydrogen-bond donors (Lipinski definition) is 1. The number of fused-ring (bicyclic) bond motifs is 1. The Labute approximate surface area is 179 Å². The van der Waals surface area contributed by atoms with Crippen molar-refractivity contribution >= 4 is 56.2 Å². The molecule has 1 aliphatic rings. The molecule has 28 heavy (non-hydrogen) atoms. The van der Waals surface area contributed by atoms with E-state index in [0.29, 0.717) is 21.2 Å². The molecule has 7 heteroatoms. The summed E-state index contributed by atoms with van der Waals surface area (Å²) in [5, 5.41) is 11.9. The zero-order valence-electron chi connectivity index (χ0n) is 14.6. The first-order valence-corrected chi connectivity index (χ1v) is 10.5. The zero-order chi connectivity index (χ0) is 19.9. The van der Waals surface area contributed by atoms with Crippen LogP contribution in [0.1, 0.15) is 27.2 Å². The van der Waals surface area contributed by atoms with Crippen molar-refractivity contribution in [2.24, 2.45) is 0 Å². The number of thiophene rings is 1. The number of anilines is 1. The lowest BCUT2D eigenvalue weighted by atomic mass is 9.89. The molecule has 0 aliphatic carbocycles. The molecule has 4 rings (SSSR count). The minimum Gasteiger partial charge on any atom is -0.375 e. The van der Waals surface area contributed by atoms with E-state index in [0.717, 1.165) is 9.35 Å². The highest BCUT2D eigenvalue weighted by molar-refractivity contribution is 9.11. The van der Waals surface area contributed by atoms with E-state index in [-0.39, 0.29) is 18.7 Å². The van der Waals surface area contributed by atoms with Crippen molar-refractivity contribution in [3.8, 4) is 0 Å². The summed E-state index contributed by atoms with van der Waals surface area (Å²) >= 11 is 10.7. The first-order chi connectivity index (χ1) is 13.4. The molecule has 1 atom stereocenters. The molecule has 142 valence electrons. The van der Waals surface area contributed by atoms with Crippen LogP contribution in [0.15, 0.2) is 64.5 Å². The Hall–Kier alpha value is -1.99. The quantitative estimate of drug-likeness (QED) is 0.517. The van der Waals surface area contributed by atoms with Gasteiger partial charge in [-0.2, -0.15) is 0 Å². The van der Waals surface area contributed by atoms with Gasteiger partial charge in [-0.25, -0.2) is 0 Å². The molecule has 1 amide bonds. The molecule has 3 aromatic rings. The van der Waals surface area contributed by atoms with E-state index in [4.69, 9.17) is 11.6 Å². The van der Waals surface area contributed by atoms with Crippen LogP contribution in [0.2, 0.25) is 5.02 Å². The van der Waals surface area contributed by atoms with E-state index < -0.39 is 11.5 Å². The van der Waals surface area contributed by atoms with Crippen molar-refractivity contribution < 1.29 is 14.7 Å². The Morgan fingerprint density at radius 2 is 1.93 bits per heavy atom. The minimum atomic E-state index is -1.89. The Balaban J connectivity index is 1.68. The monoisotopic (exact) mass is 475 g/mol. The van der Waals surface area contributed by atoms with Gasteiger partial charge in [0, 0.05) is 10.6 Å². The van der Waals surface area contributed by atoms with Crippen LogP contribution in [0, 0.1) is 0 Å². The summed E-state index contributed by atoms with van der Waals surface area (Å²) in [4.78, 5) is 28.0. The van der Waals surface area contributed by atoms with Gasteiger partial charge in [0.1, 0.15) is 0 Å². The van der Waals surface area contributed by atoms with E-state index in [1.165, 1.54) is 16.2 Å². The van der Waals surface area contributed by atoms with Crippen LogP contribution < -0.4 is 4.90 Å². The van der Waals surface area contributed by atoms with Crippen molar-refractivity contribution in [2.75, 3.05) is 4.90 Å². The van der Waals surface area contributed by atoms with E-state index in [1.807, 2.05) is 12.1 Å². The van der Waals surface area contributed by atoms with Gasteiger partial charge in [-0.15, -0.1) is 11.3 Å². The molecule has 0 saturated carbocycles. The molecule has 2 aromatic carbocycles. The summed E-state index contributed by atoms with van der Waals surface area (Å²) in [7, 11) is 0. The molecule has 1 aromatic heterocycles. The summed E-state index contributed by atoms with van der Waals surface area (Å²) in [6.45, 7) is 0.261. The number of carbonyl (C=O) groups is 2. The van der Waals surface area contributed by atoms with Crippen molar-refractivity contribution in [3.63, 3.8) is 0 Å². The van der Waals surface area contributed by atoms with Crippen LogP contribution in [0.25, 0.3) is 0 Å². The number of aliphatic hydroxyl groups is 1.